The van der Waals surface area contributed by atoms with E-state index >= 15 is 0 Å². The molecule has 1 aliphatic carbocycles. The van der Waals surface area contributed by atoms with Crippen molar-refractivity contribution in [3.8, 4) is 5.75 Å². The van der Waals surface area contributed by atoms with E-state index in [1.165, 1.54) is 25.7 Å². The summed E-state index contributed by atoms with van der Waals surface area (Å²) in [6.45, 7) is 3.56. The summed E-state index contributed by atoms with van der Waals surface area (Å²) in [6.07, 6.45) is 5.06. The molecule has 0 saturated heterocycles. The van der Waals surface area contributed by atoms with Crippen molar-refractivity contribution in [1.29, 1.82) is 0 Å². The summed E-state index contributed by atoms with van der Waals surface area (Å²) in [4.78, 5) is 15.4. The molecule has 1 aliphatic rings. The maximum atomic E-state index is 13.6. The van der Waals surface area contributed by atoms with Gasteiger partial charge in [-0.3, -0.25) is 4.79 Å². The second-order valence-electron chi connectivity index (χ2n) is 7.15. The number of nitrogens with zero attached hydrogens (tertiary/aromatic N) is 1. The van der Waals surface area contributed by atoms with Gasteiger partial charge in [0.25, 0.3) is 0 Å². The second-order valence-corrected chi connectivity index (χ2v) is 7.15. The highest BCUT2D eigenvalue weighted by molar-refractivity contribution is 5.87. The van der Waals surface area contributed by atoms with Crippen molar-refractivity contribution < 1.29 is 13.9 Å². The Labute approximate surface area is 159 Å². The fraction of sp³-hybridized carbons (Fsp3) is 0.429. The SMILES string of the molecule is COc1cc([C@@H](C)N[C@H]2CC[C@@H](c3ccc(NC(C)=O)nc3)C2)ccc1F. The van der Waals surface area contributed by atoms with E-state index in [0.717, 1.165) is 24.8 Å². The molecule has 0 aliphatic heterocycles. The van der Waals surface area contributed by atoms with Gasteiger partial charge in [-0.15, -0.1) is 0 Å². The zero-order chi connectivity index (χ0) is 19.4. The fourth-order valence-corrected chi connectivity index (χ4v) is 3.73. The summed E-state index contributed by atoms with van der Waals surface area (Å²) in [5.74, 6) is 0.848. The number of carbonyl (C=O) groups excluding carboxylic acids is 1. The number of nitrogens with one attached hydrogen (secondary N) is 2. The lowest BCUT2D eigenvalue weighted by molar-refractivity contribution is -0.114. The van der Waals surface area contributed by atoms with Gasteiger partial charge in [0.1, 0.15) is 5.82 Å². The third kappa shape index (κ3) is 4.83. The van der Waals surface area contributed by atoms with Crippen molar-refractivity contribution in [2.24, 2.45) is 0 Å². The zero-order valence-corrected chi connectivity index (χ0v) is 16.0. The zero-order valence-electron chi connectivity index (χ0n) is 16.0. The average molecular weight is 371 g/mol. The summed E-state index contributed by atoms with van der Waals surface area (Å²) in [5.41, 5.74) is 2.21. The highest BCUT2D eigenvalue weighted by atomic mass is 19.1. The fourth-order valence-electron chi connectivity index (χ4n) is 3.73. The van der Waals surface area contributed by atoms with E-state index in [2.05, 4.69) is 22.5 Å². The molecule has 3 atom stereocenters. The first kappa shape index (κ1) is 19.3. The first-order chi connectivity index (χ1) is 13.0. The van der Waals surface area contributed by atoms with E-state index in [1.807, 2.05) is 18.3 Å². The molecule has 6 heteroatoms. The third-order valence-electron chi connectivity index (χ3n) is 5.16. The molecule has 27 heavy (non-hydrogen) atoms. The van der Waals surface area contributed by atoms with E-state index in [9.17, 15) is 9.18 Å². The van der Waals surface area contributed by atoms with Crippen LogP contribution in [-0.2, 0) is 4.79 Å². The van der Waals surface area contributed by atoms with Crippen LogP contribution in [0.5, 0.6) is 5.75 Å². The van der Waals surface area contributed by atoms with Gasteiger partial charge in [0.15, 0.2) is 11.6 Å². The topological polar surface area (TPSA) is 63.2 Å². The number of ether oxygens (including phenoxy) is 1. The maximum Gasteiger partial charge on any atom is 0.222 e. The van der Waals surface area contributed by atoms with Gasteiger partial charge >= 0.3 is 0 Å². The molecule has 0 radical (unpaired) electrons. The van der Waals surface area contributed by atoms with Gasteiger partial charge in [-0.1, -0.05) is 12.1 Å². The molecule has 2 N–H and O–H groups in total. The molecule has 0 unspecified atom stereocenters. The van der Waals surface area contributed by atoms with Gasteiger partial charge in [0.2, 0.25) is 5.91 Å². The molecule has 1 aromatic heterocycles. The quantitative estimate of drug-likeness (QED) is 0.800. The average Bonchev–Trinajstić information content (AvgIpc) is 3.10. The number of aromatic nitrogens is 1. The minimum absolute atomic E-state index is 0.114. The Hall–Kier alpha value is -2.47. The van der Waals surface area contributed by atoms with E-state index in [0.29, 0.717) is 17.8 Å². The summed E-state index contributed by atoms with van der Waals surface area (Å²) in [7, 11) is 1.48. The van der Waals surface area contributed by atoms with Crippen LogP contribution < -0.4 is 15.4 Å². The number of benzene rings is 1. The molecular weight excluding hydrogens is 345 g/mol. The van der Waals surface area contributed by atoms with Gasteiger partial charge in [0, 0.05) is 25.2 Å². The minimum atomic E-state index is -0.343. The van der Waals surface area contributed by atoms with Crippen LogP contribution in [-0.4, -0.2) is 24.0 Å². The number of anilines is 1. The van der Waals surface area contributed by atoms with E-state index in [4.69, 9.17) is 4.74 Å². The van der Waals surface area contributed by atoms with Gasteiger partial charge in [-0.2, -0.15) is 0 Å². The largest absolute Gasteiger partial charge is 0.494 e. The number of hydrogen-bond donors (Lipinski definition) is 2. The lowest BCUT2D eigenvalue weighted by atomic mass is 9.99. The van der Waals surface area contributed by atoms with Crippen LogP contribution in [0.4, 0.5) is 10.2 Å². The van der Waals surface area contributed by atoms with Crippen LogP contribution in [0.15, 0.2) is 36.5 Å². The Morgan fingerprint density at radius 3 is 2.78 bits per heavy atom. The van der Waals surface area contributed by atoms with Crippen LogP contribution in [0.25, 0.3) is 0 Å². The molecule has 0 spiro atoms. The Balaban J connectivity index is 1.58. The second kappa shape index (κ2) is 8.48. The van der Waals surface area contributed by atoms with Crippen molar-refractivity contribution in [1.82, 2.24) is 10.3 Å². The van der Waals surface area contributed by atoms with Crippen molar-refractivity contribution in [2.45, 2.75) is 51.1 Å². The molecule has 3 rings (SSSR count). The Kier molecular flexibility index (Phi) is 6.06. The number of halogens is 1. The van der Waals surface area contributed by atoms with Gasteiger partial charge in [-0.25, -0.2) is 9.37 Å². The smallest absolute Gasteiger partial charge is 0.222 e. The van der Waals surface area contributed by atoms with Gasteiger partial charge < -0.3 is 15.4 Å². The number of hydrogen-bond acceptors (Lipinski definition) is 4. The first-order valence-corrected chi connectivity index (χ1v) is 9.29. The first-order valence-electron chi connectivity index (χ1n) is 9.29. The number of methoxy groups -OCH3 is 1. The van der Waals surface area contributed by atoms with E-state index in [-0.39, 0.29) is 23.5 Å². The molecular formula is C21H26FN3O2. The molecule has 1 heterocycles. The van der Waals surface area contributed by atoms with Gasteiger partial charge in [-0.05, 0) is 61.4 Å². The van der Waals surface area contributed by atoms with Crippen LogP contribution in [0.1, 0.15) is 56.2 Å². The van der Waals surface area contributed by atoms with E-state index in [1.54, 1.807) is 12.1 Å². The van der Waals surface area contributed by atoms with Crippen LogP contribution in [0.3, 0.4) is 0 Å². The van der Waals surface area contributed by atoms with Crippen molar-refractivity contribution >= 4 is 11.7 Å². The lowest BCUT2D eigenvalue weighted by Crippen LogP contribution is -2.29. The normalized spacial score (nSPS) is 20.3. The molecule has 1 fully saturated rings. The van der Waals surface area contributed by atoms with Crippen molar-refractivity contribution in [3.05, 3.63) is 53.5 Å². The molecule has 144 valence electrons. The van der Waals surface area contributed by atoms with Gasteiger partial charge in [0.05, 0.1) is 7.11 Å². The summed E-state index contributed by atoms with van der Waals surface area (Å²) in [6, 6.07) is 9.41. The molecule has 5 nitrogen and oxygen atoms in total. The number of carbonyl (C=O) groups is 1. The molecule has 1 amide bonds. The molecule has 1 saturated carbocycles. The predicted octanol–water partition coefficient (Wildman–Crippen LogP) is 4.17. The Morgan fingerprint density at radius 1 is 1.30 bits per heavy atom. The predicted molar refractivity (Wildman–Crippen MR) is 103 cm³/mol. The number of rotatable bonds is 6. The summed E-state index contributed by atoms with van der Waals surface area (Å²) in [5, 5.41) is 6.34. The molecule has 2 aromatic rings. The van der Waals surface area contributed by atoms with Crippen LogP contribution in [0.2, 0.25) is 0 Å². The maximum absolute atomic E-state index is 13.6. The lowest BCUT2D eigenvalue weighted by Gasteiger charge is -2.21. The monoisotopic (exact) mass is 371 g/mol. The third-order valence-corrected chi connectivity index (χ3v) is 5.16. The Morgan fingerprint density at radius 2 is 2.11 bits per heavy atom. The summed E-state index contributed by atoms with van der Waals surface area (Å²) < 4.78 is 18.7. The van der Waals surface area contributed by atoms with Crippen LogP contribution >= 0.6 is 0 Å². The van der Waals surface area contributed by atoms with Crippen molar-refractivity contribution in [2.75, 3.05) is 12.4 Å². The minimum Gasteiger partial charge on any atom is -0.494 e. The molecule has 0 bridgehead atoms. The highest BCUT2D eigenvalue weighted by Gasteiger charge is 2.27. The Bertz CT molecular complexity index is 795. The molecule has 1 aromatic carbocycles. The van der Waals surface area contributed by atoms with Crippen molar-refractivity contribution in [3.63, 3.8) is 0 Å². The van der Waals surface area contributed by atoms with E-state index < -0.39 is 0 Å². The standard InChI is InChI=1S/C21H26FN3O2/c1-13(15-5-8-19(22)20(11-15)27-3)24-18-7-4-16(10-18)17-6-9-21(23-12-17)25-14(2)26/h5-6,8-9,11-13,16,18,24H,4,7,10H2,1-3H3,(H,23,25,26)/t13-,16-,18+/m1/s1. The number of pyridine rings is 1. The van der Waals surface area contributed by atoms with Crippen LogP contribution in [0, 0.1) is 5.82 Å². The highest BCUT2D eigenvalue weighted by Crippen LogP contribution is 2.35. The summed E-state index contributed by atoms with van der Waals surface area (Å²) >= 11 is 0. The number of amides is 1.